The van der Waals surface area contributed by atoms with Gasteiger partial charge >= 0.3 is 0 Å². The molecule has 2 aromatic rings. The van der Waals surface area contributed by atoms with E-state index in [0.29, 0.717) is 18.4 Å². The molecular formula is C20H21F2N3O3S. The molecule has 2 fully saturated rings. The SMILES string of the molecule is O=C1CNC2(CCN(S(=O)(=O)c3ccccc3F)CC2)N1Cc1ccccc1F. The van der Waals surface area contributed by atoms with Gasteiger partial charge in [-0.25, -0.2) is 17.2 Å². The minimum atomic E-state index is -3.97. The first-order chi connectivity index (χ1) is 13.8. The average molecular weight is 421 g/mol. The molecule has 2 saturated heterocycles. The normalized spacial score (nSPS) is 19.8. The number of amides is 1. The molecule has 0 unspecified atom stereocenters. The molecule has 2 aromatic carbocycles. The van der Waals surface area contributed by atoms with Gasteiger partial charge in [0.05, 0.1) is 18.8 Å². The van der Waals surface area contributed by atoms with Crippen LogP contribution in [0.5, 0.6) is 0 Å². The summed E-state index contributed by atoms with van der Waals surface area (Å²) in [6.45, 7) is 0.489. The molecule has 1 N–H and O–H groups in total. The second kappa shape index (κ2) is 7.47. The summed E-state index contributed by atoms with van der Waals surface area (Å²) < 4.78 is 55.0. The number of piperidine rings is 1. The van der Waals surface area contributed by atoms with Crippen molar-refractivity contribution in [3.05, 3.63) is 65.7 Å². The molecule has 0 aromatic heterocycles. The van der Waals surface area contributed by atoms with Gasteiger partial charge in [0.1, 0.15) is 16.5 Å². The Labute approximate surface area is 168 Å². The highest BCUT2D eigenvalue weighted by atomic mass is 32.2. The van der Waals surface area contributed by atoms with Crippen molar-refractivity contribution in [2.24, 2.45) is 0 Å². The van der Waals surface area contributed by atoms with E-state index in [2.05, 4.69) is 5.32 Å². The molecule has 0 radical (unpaired) electrons. The third kappa shape index (κ3) is 3.54. The number of halogens is 2. The van der Waals surface area contributed by atoms with Crippen molar-refractivity contribution >= 4 is 15.9 Å². The highest BCUT2D eigenvalue weighted by Crippen LogP contribution is 2.34. The monoisotopic (exact) mass is 421 g/mol. The van der Waals surface area contributed by atoms with E-state index in [4.69, 9.17) is 0 Å². The Morgan fingerprint density at radius 1 is 0.966 bits per heavy atom. The van der Waals surface area contributed by atoms with Gasteiger partial charge in [-0.2, -0.15) is 4.31 Å². The number of carbonyl (C=O) groups excluding carboxylic acids is 1. The molecule has 29 heavy (non-hydrogen) atoms. The molecule has 2 aliphatic rings. The van der Waals surface area contributed by atoms with E-state index < -0.39 is 21.5 Å². The molecule has 6 nitrogen and oxygen atoms in total. The smallest absolute Gasteiger partial charge is 0.245 e. The van der Waals surface area contributed by atoms with Crippen molar-refractivity contribution in [2.45, 2.75) is 29.9 Å². The van der Waals surface area contributed by atoms with Gasteiger partial charge in [-0.05, 0) is 31.0 Å². The maximum atomic E-state index is 14.1. The van der Waals surface area contributed by atoms with E-state index in [-0.39, 0.29) is 42.8 Å². The largest absolute Gasteiger partial charge is 0.319 e. The van der Waals surface area contributed by atoms with E-state index >= 15 is 0 Å². The Kier molecular flexibility index (Phi) is 5.14. The molecular weight excluding hydrogens is 400 g/mol. The third-order valence-electron chi connectivity index (χ3n) is 5.68. The summed E-state index contributed by atoms with van der Waals surface area (Å²) in [6.07, 6.45) is 0.668. The fourth-order valence-electron chi connectivity index (χ4n) is 4.04. The summed E-state index contributed by atoms with van der Waals surface area (Å²) in [6, 6.07) is 11.6. The number of rotatable bonds is 4. The Bertz CT molecular complexity index is 1040. The predicted molar refractivity (Wildman–Crippen MR) is 102 cm³/mol. The van der Waals surface area contributed by atoms with Gasteiger partial charge in [0.15, 0.2) is 0 Å². The Balaban J connectivity index is 1.54. The fourth-order valence-corrected chi connectivity index (χ4v) is 5.55. The number of hydrogen-bond acceptors (Lipinski definition) is 4. The van der Waals surface area contributed by atoms with Crippen LogP contribution in [0.25, 0.3) is 0 Å². The van der Waals surface area contributed by atoms with Crippen LogP contribution in [0.15, 0.2) is 53.4 Å². The zero-order valence-electron chi connectivity index (χ0n) is 15.6. The van der Waals surface area contributed by atoms with E-state index in [1.807, 2.05) is 0 Å². The first kappa shape index (κ1) is 19.9. The number of benzene rings is 2. The van der Waals surface area contributed by atoms with Crippen LogP contribution in [0.3, 0.4) is 0 Å². The van der Waals surface area contributed by atoms with Crippen LogP contribution in [0, 0.1) is 11.6 Å². The zero-order chi connectivity index (χ0) is 20.6. The summed E-state index contributed by atoms with van der Waals surface area (Å²) in [5, 5.41) is 3.19. The molecule has 1 spiro atoms. The second-order valence-corrected chi connectivity index (χ2v) is 9.20. The average Bonchev–Trinajstić information content (AvgIpc) is 3.00. The maximum Gasteiger partial charge on any atom is 0.245 e. The predicted octanol–water partition coefficient (Wildman–Crippen LogP) is 2.08. The van der Waals surface area contributed by atoms with Crippen LogP contribution in [0.4, 0.5) is 8.78 Å². The topological polar surface area (TPSA) is 69.7 Å². The molecule has 2 aliphatic heterocycles. The fraction of sp³-hybridized carbons (Fsp3) is 0.350. The Morgan fingerprint density at radius 3 is 2.24 bits per heavy atom. The molecule has 154 valence electrons. The van der Waals surface area contributed by atoms with Gasteiger partial charge in [0.25, 0.3) is 0 Å². The van der Waals surface area contributed by atoms with Crippen LogP contribution >= 0.6 is 0 Å². The quantitative estimate of drug-likeness (QED) is 0.821. The van der Waals surface area contributed by atoms with Gasteiger partial charge in [-0.3, -0.25) is 10.1 Å². The molecule has 0 aliphatic carbocycles. The van der Waals surface area contributed by atoms with E-state index in [1.54, 1.807) is 23.1 Å². The first-order valence-corrected chi connectivity index (χ1v) is 10.8. The van der Waals surface area contributed by atoms with Crippen LogP contribution in [0.1, 0.15) is 18.4 Å². The van der Waals surface area contributed by atoms with Crippen molar-refractivity contribution in [1.82, 2.24) is 14.5 Å². The van der Waals surface area contributed by atoms with Gasteiger partial charge in [-0.15, -0.1) is 0 Å². The van der Waals surface area contributed by atoms with Crippen molar-refractivity contribution in [3.63, 3.8) is 0 Å². The second-order valence-electron chi connectivity index (χ2n) is 7.29. The summed E-state index contributed by atoms with van der Waals surface area (Å²) in [4.78, 5) is 13.7. The summed E-state index contributed by atoms with van der Waals surface area (Å²) >= 11 is 0. The summed E-state index contributed by atoms with van der Waals surface area (Å²) in [5.41, 5.74) is -0.328. The number of carbonyl (C=O) groups is 1. The van der Waals surface area contributed by atoms with E-state index in [1.165, 1.54) is 28.6 Å². The van der Waals surface area contributed by atoms with Crippen LogP contribution in [0.2, 0.25) is 0 Å². The molecule has 1 amide bonds. The Morgan fingerprint density at radius 2 is 1.59 bits per heavy atom. The number of nitrogens with zero attached hydrogens (tertiary/aromatic N) is 2. The molecule has 0 atom stereocenters. The summed E-state index contributed by atoms with van der Waals surface area (Å²) in [7, 11) is -3.97. The number of hydrogen-bond donors (Lipinski definition) is 1. The Hall–Kier alpha value is -2.36. The first-order valence-electron chi connectivity index (χ1n) is 9.37. The van der Waals surface area contributed by atoms with Gasteiger partial charge in [0, 0.05) is 18.7 Å². The van der Waals surface area contributed by atoms with Gasteiger partial charge in [-0.1, -0.05) is 30.3 Å². The molecule has 0 saturated carbocycles. The number of sulfonamides is 1. The molecule has 4 rings (SSSR count). The van der Waals surface area contributed by atoms with Gasteiger partial charge in [0.2, 0.25) is 15.9 Å². The lowest BCUT2D eigenvalue weighted by atomic mass is 9.96. The lowest BCUT2D eigenvalue weighted by Gasteiger charge is -2.44. The summed E-state index contributed by atoms with van der Waals surface area (Å²) in [5.74, 6) is -1.33. The van der Waals surface area contributed by atoms with Crippen molar-refractivity contribution in [2.75, 3.05) is 19.6 Å². The standard InChI is InChI=1S/C20H21F2N3O3S/c21-16-6-2-1-5-15(16)14-25-19(26)13-23-20(25)9-11-24(12-10-20)29(27,28)18-8-4-3-7-17(18)22/h1-8,23H,9-14H2. The lowest BCUT2D eigenvalue weighted by Crippen LogP contribution is -2.58. The lowest BCUT2D eigenvalue weighted by molar-refractivity contribution is -0.132. The molecule has 0 bridgehead atoms. The van der Waals surface area contributed by atoms with Crippen LogP contribution in [-0.4, -0.2) is 48.8 Å². The highest BCUT2D eigenvalue weighted by molar-refractivity contribution is 7.89. The molecule has 9 heteroatoms. The molecule has 2 heterocycles. The third-order valence-corrected chi connectivity index (χ3v) is 7.61. The van der Waals surface area contributed by atoms with Crippen molar-refractivity contribution in [1.29, 1.82) is 0 Å². The van der Waals surface area contributed by atoms with Gasteiger partial charge < -0.3 is 4.90 Å². The maximum absolute atomic E-state index is 14.1. The highest BCUT2D eigenvalue weighted by Gasteiger charge is 2.48. The van der Waals surface area contributed by atoms with Crippen molar-refractivity contribution < 1.29 is 22.0 Å². The van der Waals surface area contributed by atoms with Crippen molar-refractivity contribution in [3.8, 4) is 0 Å². The van der Waals surface area contributed by atoms with Crippen LogP contribution < -0.4 is 5.32 Å². The minimum absolute atomic E-state index is 0.110. The van der Waals surface area contributed by atoms with Crippen LogP contribution in [-0.2, 0) is 21.4 Å². The van der Waals surface area contributed by atoms with E-state index in [9.17, 15) is 22.0 Å². The zero-order valence-corrected chi connectivity index (χ0v) is 16.5. The minimum Gasteiger partial charge on any atom is -0.319 e. The van der Waals surface area contributed by atoms with E-state index in [0.717, 1.165) is 6.07 Å². The number of nitrogens with one attached hydrogen (secondary N) is 1.